The molecule has 1 aliphatic heterocycles. The molecule has 0 saturated heterocycles. The molecule has 1 aliphatic rings. The molecule has 2 N–H and O–H groups in total. The van der Waals surface area contributed by atoms with Crippen molar-refractivity contribution in [3.8, 4) is 0 Å². The van der Waals surface area contributed by atoms with E-state index in [4.69, 9.17) is 9.47 Å². The van der Waals surface area contributed by atoms with Gasteiger partial charge in [0.05, 0.1) is 6.61 Å². The van der Waals surface area contributed by atoms with E-state index in [0.717, 1.165) is 12.1 Å². The number of nitrogens with one attached hydrogen (secondary N) is 2. The average Bonchev–Trinajstić information content (AvgIpc) is 2.78. The highest BCUT2D eigenvalue weighted by Crippen LogP contribution is 2.20. The third-order valence-corrected chi connectivity index (χ3v) is 3.24. The van der Waals surface area contributed by atoms with Gasteiger partial charge >= 0.3 is 12.2 Å². The van der Waals surface area contributed by atoms with Crippen LogP contribution in [0.1, 0.15) is 20.3 Å². The van der Waals surface area contributed by atoms with Crippen LogP contribution in [0.5, 0.6) is 0 Å². The van der Waals surface area contributed by atoms with Gasteiger partial charge in [-0.3, -0.25) is 4.90 Å². The van der Waals surface area contributed by atoms with Crippen LogP contribution in [-0.4, -0.2) is 63.0 Å². The van der Waals surface area contributed by atoms with Crippen molar-refractivity contribution >= 4 is 12.2 Å². The zero-order valence-corrected chi connectivity index (χ0v) is 13.0. The summed E-state index contributed by atoms with van der Waals surface area (Å²) < 4.78 is 10.2. The molecule has 120 valence electrons. The molecule has 1 heterocycles. The van der Waals surface area contributed by atoms with Gasteiger partial charge in [0.15, 0.2) is 0 Å². The minimum absolute atomic E-state index is 0.133. The highest BCUT2D eigenvalue weighted by molar-refractivity contribution is 5.67. The van der Waals surface area contributed by atoms with Crippen LogP contribution in [-0.2, 0) is 9.47 Å². The fourth-order valence-corrected chi connectivity index (χ4v) is 2.17. The number of hydrogen-bond donors (Lipinski definition) is 2. The van der Waals surface area contributed by atoms with E-state index in [-0.39, 0.29) is 12.6 Å². The largest absolute Gasteiger partial charge is 0.449 e. The molecule has 0 bridgehead atoms. The quantitative estimate of drug-likeness (QED) is 0.688. The van der Waals surface area contributed by atoms with Gasteiger partial charge in [-0.2, -0.15) is 0 Å². The Bertz CT molecular complexity index is 384. The lowest BCUT2D eigenvalue weighted by Gasteiger charge is -2.23. The molecule has 1 atom stereocenters. The van der Waals surface area contributed by atoms with Gasteiger partial charge in [0.2, 0.25) is 0 Å². The molecule has 0 radical (unpaired) electrons. The summed E-state index contributed by atoms with van der Waals surface area (Å²) in [6.45, 7) is 6.17. The summed E-state index contributed by atoms with van der Waals surface area (Å²) in [5.41, 5.74) is 1.04. The Labute approximate surface area is 125 Å². The summed E-state index contributed by atoms with van der Waals surface area (Å²) in [6.07, 6.45) is 1.92. The number of hydrogen-bond acceptors (Lipinski definition) is 5. The molecule has 0 aliphatic carbocycles. The minimum Gasteiger partial charge on any atom is -0.449 e. The lowest BCUT2D eigenvalue weighted by Crippen LogP contribution is -2.33. The van der Waals surface area contributed by atoms with Crippen LogP contribution in [0.3, 0.4) is 0 Å². The van der Waals surface area contributed by atoms with Crippen molar-refractivity contribution in [3.63, 3.8) is 0 Å². The number of rotatable bonds is 7. The molecular formula is C14H25N3O4. The Kier molecular flexibility index (Phi) is 7.60. The summed E-state index contributed by atoms with van der Waals surface area (Å²) in [5, 5.41) is 5.17. The Balaban J connectivity index is 2.35. The monoisotopic (exact) mass is 299 g/mol. The van der Waals surface area contributed by atoms with Gasteiger partial charge < -0.3 is 20.1 Å². The molecular weight excluding hydrogens is 274 g/mol. The number of carbonyl (C=O) groups excluding carboxylic acids is 2. The highest BCUT2D eigenvalue weighted by Gasteiger charge is 2.25. The van der Waals surface area contributed by atoms with Crippen molar-refractivity contribution in [2.75, 3.05) is 39.9 Å². The third-order valence-electron chi connectivity index (χ3n) is 3.24. The second-order valence-corrected chi connectivity index (χ2v) is 4.80. The highest BCUT2D eigenvalue weighted by atomic mass is 16.6. The predicted octanol–water partition coefficient (Wildman–Crippen LogP) is 1.11. The number of alkyl carbamates (subject to hydrolysis) is 2. The van der Waals surface area contributed by atoms with Crippen LogP contribution in [0.4, 0.5) is 9.59 Å². The average molecular weight is 299 g/mol. The number of carbonyl (C=O) groups is 2. The maximum Gasteiger partial charge on any atom is 0.407 e. The summed E-state index contributed by atoms with van der Waals surface area (Å²) in [7, 11) is 1.99. The topological polar surface area (TPSA) is 79.9 Å². The molecule has 0 aromatic carbocycles. The fraction of sp³-hybridized carbons (Fsp3) is 0.714. The van der Waals surface area contributed by atoms with Crippen molar-refractivity contribution in [1.29, 1.82) is 0 Å². The van der Waals surface area contributed by atoms with E-state index in [1.165, 1.54) is 0 Å². The summed E-state index contributed by atoms with van der Waals surface area (Å²) in [5.74, 6) is 0. The van der Waals surface area contributed by atoms with Gasteiger partial charge in [-0.1, -0.05) is 6.08 Å². The van der Waals surface area contributed by atoms with Crippen molar-refractivity contribution in [2.45, 2.75) is 26.3 Å². The molecule has 2 amide bonds. The molecule has 1 rings (SSSR count). The summed E-state index contributed by atoms with van der Waals surface area (Å²) in [4.78, 5) is 24.7. The molecule has 0 aromatic rings. The number of likely N-dealkylation sites (N-methyl/N-ethyl adjacent to an activating group) is 1. The standard InChI is InChI=1S/C14H25N3O4/c1-4-15-13(18)20-9-7-12-11(6-8-17(12)3)10-21-14(19)16-5-2/h6,12H,4-5,7-10H2,1-3H3,(H,15,18)(H,16,19). The summed E-state index contributed by atoms with van der Waals surface area (Å²) >= 11 is 0. The number of nitrogens with zero attached hydrogens (tertiary/aromatic N) is 1. The maximum absolute atomic E-state index is 11.3. The number of ether oxygens (including phenoxy) is 2. The zero-order chi connectivity index (χ0) is 15.7. The molecule has 0 aromatic heterocycles. The van der Waals surface area contributed by atoms with Gasteiger partial charge in [-0.15, -0.1) is 0 Å². The van der Waals surface area contributed by atoms with Crippen molar-refractivity contribution < 1.29 is 19.1 Å². The van der Waals surface area contributed by atoms with Gasteiger partial charge in [0.25, 0.3) is 0 Å². The van der Waals surface area contributed by atoms with Gasteiger partial charge in [0.1, 0.15) is 6.61 Å². The Morgan fingerprint density at radius 2 is 1.86 bits per heavy atom. The van der Waals surface area contributed by atoms with Gasteiger partial charge in [0, 0.05) is 32.1 Å². The molecule has 7 nitrogen and oxygen atoms in total. The van der Waals surface area contributed by atoms with Crippen molar-refractivity contribution in [3.05, 3.63) is 11.6 Å². The molecule has 21 heavy (non-hydrogen) atoms. The van der Waals surface area contributed by atoms with Crippen LogP contribution < -0.4 is 10.6 Å². The van der Waals surface area contributed by atoms with Crippen LogP contribution in [0.2, 0.25) is 0 Å². The van der Waals surface area contributed by atoms with E-state index in [0.29, 0.717) is 26.1 Å². The van der Waals surface area contributed by atoms with Crippen molar-refractivity contribution in [1.82, 2.24) is 15.5 Å². The van der Waals surface area contributed by atoms with Gasteiger partial charge in [-0.25, -0.2) is 9.59 Å². The SMILES string of the molecule is CCNC(=O)OCCC1C(COC(=O)NCC)=CCN1C. The molecule has 0 fully saturated rings. The van der Waals surface area contributed by atoms with E-state index < -0.39 is 12.2 Å². The predicted molar refractivity (Wildman–Crippen MR) is 79.2 cm³/mol. The molecule has 0 saturated carbocycles. The fourth-order valence-electron chi connectivity index (χ4n) is 2.17. The second kappa shape index (κ2) is 9.23. The van der Waals surface area contributed by atoms with Crippen molar-refractivity contribution in [2.24, 2.45) is 0 Å². The van der Waals surface area contributed by atoms with E-state index in [2.05, 4.69) is 21.6 Å². The lowest BCUT2D eigenvalue weighted by atomic mass is 10.1. The second-order valence-electron chi connectivity index (χ2n) is 4.80. The first-order valence-electron chi connectivity index (χ1n) is 7.28. The van der Waals surface area contributed by atoms with Crippen LogP contribution in [0.15, 0.2) is 11.6 Å². The molecule has 1 unspecified atom stereocenters. The Hall–Kier alpha value is -1.76. The van der Waals surface area contributed by atoms with Crippen LogP contribution in [0, 0.1) is 0 Å². The third kappa shape index (κ3) is 6.03. The van der Waals surface area contributed by atoms with Crippen LogP contribution >= 0.6 is 0 Å². The summed E-state index contributed by atoms with van der Waals surface area (Å²) in [6, 6.07) is 0.133. The van der Waals surface area contributed by atoms with E-state index in [1.807, 2.05) is 20.9 Å². The molecule has 0 spiro atoms. The first-order chi connectivity index (χ1) is 10.1. The smallest absolute Gasteiger partial charge is 0.407 e. The van der Waals surface area contributed by atoms with E-state index >= 15 is 0 Å². The Morgan fingerprint density at radius 1 is 1.24 bits per heavy atom. The lowest BCUT2D eigenvalue weighted by molar-refractivity contribution is 0.132. The first kappa shape index (κ1) is 17.3. The number of amides is 2. The van der Waals surface area contributed by atoms with E-state index in [1.54, 1.807) is 0 Å². The van der Waals surface area contributed by atoms with Gasteiger partial charge in [-0.05, 0) is 26.5 Å². The van der Waals surface area contributed by atoms with E-state index in [9.17, 15) is 9.59 Å². The zero-order valence-electron chi connectivity index (χ0n) is 13.0. The van der Waals surface area contributed by atoms with Crippen LogP contribution in [0.25, 0.3) is 0 Å². The normalized spacial score (nSPS) is 18.0. The first-order valence-corrected chi connectivity index (χ1v) is 7.28. The Morgan fingerprint density at radius 3 is 2.48 bits per heavy atom. The molecule has 7 heteroatoms. The minimum atomic E-state index is -0.412. The maximum atomic E-state index is 11.3.